The Balaban J connectivity index is 1.25. The molecule has 1 aliphatic heterocycles. The van der Waals surface area contributed by atoms with Crippen LogP contribution in [0.3, 0.4) is 0 Å². The smallest absolute Gasteiger partial charge is 0.339 e. The molecule has 5 rings (SSSR count). The lowest BCUT2D eigenvalue weighted by Gasteiger charge is -2.47. The molecule has 0 spiro atoms. The number of benzene rings is 1. The van der Waals surface area contributed by atoms with Gasteiger partial charge in [0.1, 0.15) is 11.3 Å². The first-order valence-electron chi connectivity index (χ1n) is 13.3. The van der Waals surface area contributed by atoms with Crippen molar-refractivity contribution in [3.63, 3.8) is 0 Å². The number of rotatable bonds is 5. The molecule has 8 heteroatoms. The van der Waals surface area contributed by atoms with E-state index in [0.717, 1.165) is 61.5 Å². The fraction of sp³-hybridized carbons (Fsp3) is 0.607. The molecule has 1 aromatic heterocycles. The number of likely N-dealkylation sites (tertiary alicyclic amines) is 1. The highest BCUT2D eigenvalue weighted by molar-refractivity contribution is 5.90. The number of nitrogens with zero attached hydrogens (tertiary/aromatic N) is 1. The van der Waals surface area contributed by atoms with Crippen LogP contribution in [-0.4, -0.2) is 53.2 Å². The minimum absolute atomic E-state index is 0.101. The number of amides is 2. The number of carbonyl (C=O) groups is 2. The SMILES string of the molecule is Cc1cc(O[C@@H](C)C(=O)NCC(=O)N2CC[C@]3(O)CCCC[C@@H]3C2)c2c3c(c(=O)oc2c1)CCCC3. The summed E-state index contributed by atoms with van der Waals surface area (Å²) in [6.07, 6.45) is 7.04. The minimum Gasteiger partial charge on any atom is -0.480 e. The average molecular weight is 497 g/mol. The number of fused-ring (bicyclic) bond motifs is 4. The van der Waals surface area contributed by atoms with Gasteiger partial charge in [0, 0.05) is 24.6 Å². The lowest BCUT2D eigenvalue weighted by molar-refractivity contribution is -0.144. The summed E-state index contributed by atoms with van der Waals surface area (Å²) in [7, 11) is 0. The summed E-state index contributed by atoms with van der Waals surface area (Å²) in [5.41, 5.74) is 2.07. The first kappa shape index (κ1) is 24.8. The van der Waals surface area contributed by atoms with Crippen molar-refractivity contribution in [2.75, 3.05) is 19.6 Å². The third-order valence-corrected chi connectivity index (χ3v) is 8.30. The zero-order valence-electron chi connectivity index (χ0n) is 21.2. The summed E-state index contributed by atoms with van der Waals surface area (Å²) in [6.45, 7) is 4.50. The van der Waals surface area contributed by atoms with E-state index in [4.69, 9.17) is 9.15 Å². The van der Waals surface area contributed by atoms with Gasteiger partial charge in [-0.15, -0.1) is 0 Å². The molecule has 3 aliphatic rings. The van der Waals surface area contributed by atoms with Crippen LogP contribution in [0.5, 0.6) is 5.75 Å². The van der Waals surface area contributed by atoms with Gasteiger partial charge < -0.3 is 24.5 Å². The van der Waals surface area contributed by atoms with Crippen LogP contribution < -0.4 is 15.7 Å². The molecule has 0 bridgehead atoms. The third kappa shape index (κ3) is 4.75. The van der Waals surface area contributed by atoms with Crippen molar-refractivity contribution in [1.82, 2.24) is 10.2 Å². The fourth-order valence-corrected chi connectivity index (χ4v) is 6.22. The molecule has 8 nitrogen and oxygen atoms in total. The second kappa shape index (κ2) is 9.88. The van der Waals surface area contributed by atoms with Crippen LogP contribution in [0.15, 0.2) is 21.3 Å². The highest BCUT2D eigenvalue weighted by atomic mass is 16.5. The molecule has 0 unspecified atom stereocenters. The maximum Gasteiger partial charge on any atom is 0.339 e. The van der Waals surface area contributed by atoms with Crippen LogP contribution in [0.4, 0.5) is 0 Å². The number of aliphatic hydroxyl groups is 1. The Labute approximate surface area is 211 Å². The molecular weight excluding hydrogens is 460 g/mol. The fourth-order valence-electron chi connectivity index (χ4n) is 6.22. The largest absolute Gasteiger partial charge is 0.480 e. The predicted octanol–water partition coefficient (Wildman–Crippen LogP) is 3.02. The molecule has 1 saturated carbocycles. The van der Waals surface area contributed by atoms with E-state index < -0.39 is 11.7 Å². The van der Waals surface area contributed by atoms with Crippen molar-refractivity contribution in [1.29, 1.82) is 0 Å². The van der Waals surface area contributed by atoms with E-state index in [1.807, 2.05) is 19.1 Å². The zero-order valence-corrected chi connectivity index (χ0v) is 21.2. The first-order valence-corrected chi connectivity index (χ1v) is 13.3. The number of carbonyl (C=O) groups excluding carboxylic acids is 2. The van der Waals surface area contributed by atoms with Crippen LogP contribution in [0, 0.1) is 12.8 Å². The van der Waals surface area contributed by atoms with Crippen LogP contribution in [0.1, 0.15) is 68.6 Å². The molecule has 36 heavy (non-hydrogen) atoms. The van der Waals surface area contributed by atoms with Crippen LogP contribution in [-0.2, 0) is 22.4 Å². The third-order valence-electron chi connectivity index (χ3n) is 8.30. The van der Waals surface area contributed by atoms with E-state index in [0.29, 0.717) is 42.8 Å². The summed E-state index contributed by atoms with van der Waals surface area (Å²) >= 11 is 0. The summed E-state index contributed by atoms with van der Waals surface area (Å²) in [6, 6.07) is 3.69. The normalized spacial score (nSPS) is 24.5. The molecule has 3 atom stereocenters. The molecule has 1 saturated heterocycles. The second-order valence-electron chi connectivity index (χ2n) is 10.8. The van der Waals surface area contributed by atoms with Crippen LogP contribution in [0.2, 0.25) is 0 Å². The summed E-state index contributed by atoms with van der Waals surface area (Å²) in [4.78, 5) is 39.9. The van der Waals surface area contributed by atoms with Crippen molar-refractivity contribution in [3.05, 3.63) is 39.2 Å². The van der Waals surface area contributed by atoms with Gasteiger partial charge in [0.2, 0.25) is 5.91 Å². The molecule has 2 N–H and O–H groups in total. The Kier molecular flexibility index (Phi) is 6.81. The summed E-state index contributed by atoms with van der Waals surface area (Å²) < 4.78 is 11.7. The maximum atomic E-state index is 12.9. The second-order valence-corrected chi connectivity index (χ2v) is 10.8. The van der Waals surface area contributed by atoms with Gasteiger partial charge in [-0.25, -0.2) is 4.79 Å². The zero-order chi connectivity index (χ0) is 25.4. The number of aryl methyl sites for hydroxylation is 2. The van der Waals surface area contributed by atoms with E-state index >= 15 is 0 Å². The van der Waals surface area contributed by atoms with Crippen LogP contribution in [0.25, 0.3) is 11.0 Å². The van der Waals surface area contributed by atoms with Crippen molar-refractivity contribution < 1.29 is 23.8 Å². The summed E-state index contributed by atoms with van der Waals surface area (Å²) in [5, 5.41) is 14.3. The van der Waals surface area contributed by atoms with Gasteiger partial charge in [0.25, 0.3) is 5.91 Å². The van der Waals surface area contributed by atoms with Crippen molar-refractivity contribution in [2.45, 2.75) is 83.3 Å². The first-order chi connectivity index (χ1) is 17.2. The van der Waals surface area contributed by atoms with Gasteiger partial charge in [0.15, 0.2) is 6.10 Å². The Hall–Kier alpha value is -2.87. The monoisotopic (exact) mass is 496 g/mol. The van der Waals surface area contributed by atoms with Gasteiger partial charge in [-0.2, -0.15) is 0 Å². The number of nitrogens with one attached hydrogen (secondary N) is 1. The van der Waals surface area contributed by atoms with Gasteiger partial charge in [-0.05, 0) is 82.1 Å². The van der Waals surface area contributed by atoms with Gasteiger partial charge in [-0.1, -0.05) is 12.8 Å². The van der Waals surface area contributed by atoms with E-state index in [-0.39, 0.29) is 29.9 Å². The molecule has 2 aromatic rings. The van der Waals surface area contributed by atoms with Crippen molar-refractivity contribution in [3.8, 4) is 5.75 Å². The molecule has 2 fully saturated rings. The standard InChI is InChI=1S/C28H36N2O6/c1-17-13-22(25-20-8-3-4-9-21(20)27(33)36-23(25)14-17)35-18(2)26(32)29-15-24(31)30-12-11-28(34)10-6-5-7-19(28)16-30/h13-14,18-19,34H,3-12,15-16H2,1-2H3,(H,29,32)/t18-,19+,28+/m0/s1. The summed E-state index contributed by atoms with van der Waals surface area (Å²) in [5.74, 6) is 0.117. The predicted molar refractivity (Wildman–Crippen MR) is 135 cm³/mol. The topological polar surface area (TPSA) is 109 Å². The maximum absolute atomic E-state index is 12.9. The number of piperidine rings is 1. The molecule has 194 valence electrons. The Morgan fingerprint density at radius 3 is 2.78 bits per heavy atom. The van der Waals surface area contributed by atoms with Crippen LogP contribution >= 0.6 is 0 Å². The Bertz CT molecular complexity index is 1240. The molecule has 2 amide bonds. The average Bonchev–Trinajstić information content (AvgIpc) is 2.86. The van der Waals surface area contributed by atoms with Gasteiger partial charge in [-0.3, -0.25) is 9.59 Å². The Morgan fingerprint density at radius 1 is 1.19 bits per heavy atom. The highest BCUT2D eigenvalue weighted by Crippen LogP contribution is 2.40. The van der Waals surface area contributed by atoms with E-state index in [2.05, 4.69) is 5.32 Å². The molecular formula is C28H36N2O6. The van der Waals surface area contributed by atoms with Crippen molar-refractivity contribution in [2.24, 2.45) is 5.92 Å². The number of hydrogen-bond donors (Lipinski definition) is 2. The highest BCUT2D eigenvalue weighted by Gasteiger charge is 2.43. The van der Waals surface area contributed by atoms with Gasteiger partial charge in [0.05, 0.1) is 17.5 Å². The lowest BCUT2D eigenvalue weighted by atomic mass is 9.71. The molecule has 2 aliphatic carbocycles. The van der Waals surface area contributed by atoms with E-state index in [9.17, 15) is 19.5 Å². The van der Waals surface area contributed by atoms with E-state index in [1.165, 1.54) is 0 Å². The molecule has 0 radical (unpaired) electrons. The van der Waals surface area contributed by atoms with Crippen molar-refractivity contribution >= 4 is 22.8 Å². The number of hydrogen-bond acceptors (Lipinski definition) is 6. The Morgan fingerprint density at radius 2 is 1.97 bits per heavy atom. The van der Waals surface area contributed by atoms with Gasteiger partial charge >= 0.3 is 5.63 Å². The number of ether oxygens (including phenoxy) is 1. The molecule has 2 heterocycles. The minimum atomic E-state index is -0.834. The quantitative estimate of drug-likeness (QED) is 0.616. The molecule has 1 aromatic carbocycles. The lowest BCUT2D eigenvalue weighted by Crippen LogP contribution is -2.56. The van der Waals surface area contributed by atoms with E-state index in [1.54, 1.807) is 11.8 Å².